The van der Waals surface area contributed by atoms with E-state index < -0.39 is 40.4 Å². The summed E-state index contributed by atoms with van der Waals surface area (Å²) in [5.74, 6) is -7.12. The first-order valence-electron chi connectivity index (χ1n) is 8.68. The highest BCUT2D eigenvalue weighted by atomic mass is 19.2. The van der Waals surface area contributed by atoms with Crippen LogP contribution in [0.5, 0.6) is 0 Å². The molecule has 0 spiro atoms. The summed E-state index contributed by atoms with van der Waals surface area (Å²) in [6.07, 6.45) is 0. The van der Waals surface area contributed by atoms with Crippen LogP contribution in [0.25, 0.3) is 33.3 Å². The summed E-state index contributed by atoms with van der Waals surface area (Å²) in [5.41, 5.74) is -2.00. The van der Waals surface area contributed by atoms with Crippen LogP contribution in [-0.4, -0.2) is 28.1 Å². The molecule has 0 aliphatic heterocycles. The lowest BCUT2D eigenvalue weighted by atomic mass is 9.96. The van der Waals surface area contributed by atoms with Gasteiger partial charge in [0.15, 0.2) is 23.3 Å². The average molecular weight is 415 g/mol. The molecule has 4 aromatic rings. The fraction of sp³-hybridized carbons (Fsp3) is 0.0952. The van der Waals surface area contributed by atoms with E-state index in [-0.39, 0.29) is 27.7 Å². The summed E-state index contributed by atoms with van der Waals surface area (Å²) < 4.78 is 64.2. The molecule has 0 N–H and O–H groups in total. The Bertz CT molecular complexity index is 1270. The van der Waals surface area contributed by atoms with Gasteiger partial charge in [0.05, 0.1) is 23.8 Å². The van der Waals surface area contributed by atoms with E-state index in [1.807, 2.05) is 0 Å². The highest BCUT2D eigenvalue weighted by Crippen LogP contribution is 2.38. The lowest BCUT2D eigenvalue weighted by Gasteiger charge is -2.13. The van der Waals surface area contributed by atoms with Crippen LogP contribution in [0.2, 0.25) is 0 Å². The van der Waals surface area contributed by atoms with E-state index in [0.717, 1.165) is 18.0 Å². The van der Waals surface area contributed by atoms with Gasteiger partial charge in [-0.1, -0.05) is 30.3 Å². The summed E-state index contributed by atoms with van der Waals surface area (Å²) >= 11 is 0. The van der Waals surface area contributed by atoms with Crippen LogP contribution in [-0.2, 0) is 11.8 Å². The molecule has 0 atom stereocenters. The topological polar surface area (TPSA) is 57.0 Å². The standard InChI is InChI=1S/C21H13F4N3O2/c1-28-26-13-9-11(8-12(20(13)27-28)21(29)30-2)15-18(24)16(22)14(17(23)19(15)25)10-6-4-3-5-7-10/h3-9H,1-2H3. The number of aromatic nitrogens is 3. The number of methoxy groups -OCH3 is 1. The number of esters is 1. The Hall–Kier alpha value is -3.75. The molecule has 0 fully saturated rings. The van der Waals surface area contributed by atoms with Gasteiger partial charge in [0.2, 0.25) is 0 Å². The van der Waals surface area contributed by atoms with E-state index in [9.17, 15) is 22.4 Å². The number of ether oxygens (including phenoxy) is 1. The largest absolute Gasteiger partial charge is 0.465 e. The van der Waals surface area contributed by atoms with E-state index in [1.54, 1.807) is 6.07 Å². The number of carbonyl (C=O) groups excluding carboxylic acids is 1. The second-order valence-electron chi connectivity index (χ2n) is 6.44. The van der Waals surface area contributed by atoms with Crippen molar-refractivity contribution in [1.29, 1.82) is 0 Å². The molecule has 0 amide bonds. The number of rotatable bonds is 3. The second kappa shape index (κ2) is 7.25. The van der Waals surface area contributed by atoms with Crippen molar-refractivity contribution in [1.82, 2.24) is 15.0 Å². The summed E-state index contributed by atoms with van der Waals surface area (Å²) in [6, 6.07) is 9.50. The Kier molecular flexibility index (Phi) is 4.73. The predicted molar refractivity (Wildman–Crippen MR) is 101 cm³/mol. The molecular formula is C21H13F4N3O2. The minimum Gasteiger partial charge on any atom is -0.465 e. The highest BCUT2D eigenvalue weighted by molar-refractivity contribution is 6.03. The smallest absolute Gasteiger partial charge is 0.340 e. The Morgan fingerprint density at radius 3 is 2.00 bits per heavy atom. The van der Waals surface area contributed by atoms with Gasteiger partial charge in [0.1, 0.15) is 11.0 Å². The first kappa shape index (κ1) is 19.6. The molecule has 9 heteroatoms. The maximum atomic E-state index is 15.0. The third-order valence-electron chi connectivity index (χ3n) is 4.61. The number of carbonyl (C=O) groups is 1. The lowest BCUT2D eigenvalue weighted by molar-refractivity contribution is 0.0602. The number of benzene rings is 3. The van der Waals surface area contributed by atoms with E-state index >= 15 is 0 Å². The van der Waals surface area contributed by atoms with Crippen LogP contribution in [0.1, 0.15) is 10.4 Å². The Labute approximate surface area is 167 Å². The maximum Gasteiger partial charge on any atom is 0.340 e. The number of hydrogen-bond donors (Lipinski definition) is 0. The van der Waals surface area contributed by atoms with Crippen LogP contribution in [0.3, 0.4) is 0 Å². The lowest BCUT2D eigenvalue weighted by Crippen LogP contribution is -2.06. The van der Waals surface area contributed by atoms with Crippen molar-refractivity contribution in [3.8, 4) is 22.3 Å². The van der Waals surface area contributed by atoms with E-state index in [4.69, 9.17) is 0 Å². The number of fused-ring (bicyclic) bond motifs is 1. The fourth-order valence-corrected chi connectivity index (χ4v) is 3.28. The third kappa shape index (κ3) is 2.99. The first-order valence-corrected chi connectivity index (χ1v) is 8.68. The molecule has 0 saturated heterocycles. The van der Waals surface area contributed by atoms with Crippen LogP contribution >= 0.6 is 0 Å². The number of nitrogens with zero attached hydrogens (tertiary/aromatic N) is 3. The number of hydrogen-bond acceptors (Lipinski definition) is 4. The molecule has 152 valence electrons. The van der Waals surface area contributed by atoms with Crippen molar-refractivity contribution >= 4 is 17.0 Å². The number of aryl methyl sites for hydroxylation is 1. The molecule has 0 aliphatic rings. The minimum absolute atomic E-state index is 0.0172. The summed E-state index contributed by atoms with van der Waals surface area (Å²) in [7, 11) is 2.60. The summed E-state index contributed by atoms with van der Waals surface area (Å²) in [4.78, 5) is 13.3. The van der Waals surface area contributed by atoms with Crippen molar-refractivity contribution in [3.63, 3.8) is 0 Å². The Balaban J connectivity index is 2.02. The minimum atomic E-state index is -1.59. The zero-order valence-corrected chi connectivity index (χ0v) is 15.7. The van der Waals surface area contributed by atoms with Gasteiger partial charge in [-0.2, -0.15) is 15.0 Å². The fourth-order valence-electron chi connectivity index (χ4n) is 3.28. The molecule has 0 bridgehead atoms. The molecule has 1 aromatic heterocycles. The van der Waals surface area contributed by atoms with Gasteiger partial charge in [-0.15, -0.1) is 0 Å². The van der Waals surface area contributed by atoms with Crippen molar-refractivity contribution in [3.05, 3.63) is 71.3 Å². The van der Waals surface area contributed by atoms with Gasteiger partial charge < -0.3 is 4.74 Å². The van der Waals surface area contributed by atoms with E-state index in [1.165, 1.54) is 37.4 Å². The van der Waals surface area contributed by atoms with Crippen molar-refractivity contribution < 1.29 is 27.1 Å². The normalized spacial score (nSPS) is 11.1. The molecule has 4 rings (SSSR count). The summed E-state index contributed by atoms with van der Waals surface area (Å²) in [5, 5.41) is 8.03. The average Bonchev–Trinajstić information content (AvgIpc) is 3.12. The monoisotopic (exact) mass is 415 g/mol. The van der Waals surface area contributed by atoms with Crippen LogP contribution in [0, 0.1) is 23.3 Å². The van der Waals surface area contributed by atoms with Gasteiger partial charge in [-0.25, -0.2) is 22.4 Å². The zero-order chi connectivity index (χ0) is 21.6. The van der Waals surface area contributed by atoms with Crippen LogP contribution < -0.4 is 0 Å². The molecule has 0 saturated carbocycles. The molecule has 3 aromatic carbocycles. The molecular weight excluding hydrogens is 402 g/mol. The van der Waals surface area contributed by atoms with Gasteiger partial charge in [-0.3, -0.25) is 0 Å². The molecule has 1 heterocycles. The van der Waals surface area contributed by atoms with Crippen molar-refractivity contribution in [2.24, 2.45) is 7.05 Å². The van der Waals surface area contributed by atoms with Gasteiger partial charge in [0.25, 0.3) is 0 Å². The molecule has 5 nitrogen and oxygen atoms in total. The van der Waals surface area contributed by atoms with Crippen molar-refractivity contribution in [2.75, 3.05) is 7.11 Å². The molecule has 0 radical (unpaired) electrons. The highest BCUT2D eigenvalue weighted by Gasteiger charge is 2.28. The van der Waals surface area contributed by atoms with Crippen LogP contribution in [0.4, 0.5) is 17.6 Å². The maximum absolute atomic E-state index is 15.0. The predicted octanol–water partition coefficient (Wildman–Crippen LogP) is 4.65. The van der Waals surface area contributed by atoms with Crippen LogP contribution in [0.15, 0.2) is 42.5 Å². The quantitative estimate of drug-likeness (QED) is 0.278. The first-order chi connectivity index (χ1) is 14.3. The van der Waals surface area contributed by atoms with E-state index in [2.05, 4.69) is 14.9 Å². The third-order valence-corrected chi connectivity index (χ3v) is 4.61. The van der Waals surface area contributed by atoms with Gasteiger partial charge >= 0.3 is 5.97 Å². The van der Waals surface area contributed by atoms with Crippen molar-refractivity contribution in [2.45, 2.75) is 0 Å². The van der Waals surface area contributed by atoms with Gasteiger partial charge in [-0.05, 0) is 23.3 Å². The Morgan fingerprint density at radius 2 is 1.43 bits per heavy atom. The SMILES string of the molecule is COC(=O)c1cc(-c2c(F)c(F)c(-c3ccccc3)c(F)c2F)cc2nn(C)nc12. The zero-order valence-electron chi connectivity index (χ0n) is 15.7. The van der Waals surface area contributed by atoms with Gasteiger partial charge in [0, 0.05) is 7.05 Å². The molecule has 0 aliphatic carbocycles. The second-order valence-corrected chi connectivity index (χ2v) is 6.44. The number of halogens is 4. The van der Waals surface area contributed by atoms with E-state index in [0.29, 0.717) is 0 Å². The molecule has 0 unspecified atom stereocenters. The summed E-state index contributed by atoms with van der Waals surface area (Å²) in [6.45, 7) is 0. The molecule has 30 heavy (non-hydrogen) atoms. The Morgan fingerprint density at radius 1 is 0.867 bits per heavy atom.